The fourth-order valence-electron chi connectivity index (χ4n) is 3.93. The first-order chi connectivity index (χ1) is 17.3. The number of anilines is 1. The van der Waals surface area contributed by atoms with Crippen LogP contribution in [0.3, 0.4) is 0 Å². The number of aromatic nitrogens is 2. The summed E-state index contributed by atoms with van der Waals surface area (Å²) in [7, 11) is 0. The lowest BCUT2D eigenvalue weighted by atomic mass is 9.99. The number of benzene rings is 2. The first-order valence-corrected chi connectivity index (χ1v) is 12.7. The third kappa shape index (κ3) is 5.39. The Kier molecular flexibility index (Phi) is 7.64. The molecule has 2 heterocycles. The van der Waals surface area contributed by atoms with E-state index in [1.165, 1.54) is 27.8 Å². The molecule has 36 heavy (non-hydrogen) atoms. The smallest absolute Gasteiger partial charge is 0.338 e. The molecule has 0 bridgehead atoms. The topological polar surface area (TPSA) is 90.3 Å². The quantitative estimate of drug-likeness (QED) is 0.248. The highest BCUT2D eigenvalue weighted by molar-refractivity contribution is 7.19. The van der Waals surface area contributed by atoms with Gasteiger partial charge in [0, 0.05) is 16.1 Å². The van der Waals surface area contributed by atoms with Gasteiger partial charge in [-0.25, -0.2) is 9.78 Å². The normalized spacial score (nSPS) is 11.0. The molecule has 186 valence electrons. The molecule has 7 nitrogen and oxygen atoms in total. The molecule has 0 fully saturated rings. The average Bonchev–Trinajstić information content (AvgIpc) is 3.20. The number of aryl methyl sites for hydroxylation is 3. The molecule has 0 radical (unpaired) electrons. The van der Waals surface area contributed by atoms with Crippen LogP contribution in [-0.4, -0.2) is 28.0 Å². The number of ether oxygens (including phenoxy) is 1. The van der Waals surface area contributed by atoms with Crippen molar-refractivity contribution in [2.75, 3.05) is 11.9 Å². The Morgan fingerprint density at radius 2 is 1.81 bits per heavy atom. The maximum Gasteiger partial charge on any atom is 0.338 e. The van der Waals surface area contributed by atoms with Crippen LogP contribution in [0.4, 0.5) is 5.69 Å². The van der Waals surface area contributed by atoms with Crippen molar-refractivity contribution in [1.82, 2.24) is 9.55 Å². The van der Waals surface area contributed by atoms with Crippen LogP contribution in [0.1, 0.15) is 46.1 Å². The molecule has 1 amide bonds. The summed E-state index contributed by atoms with van der Waals surface area (Å²) in [6, 6.07) is 12.6. The molecule has 4 rings (SSSR count). The van der Waals surface area contributed by atoms with Crippen LogP contribution in [-0.2, 0) is 16.1 Å². The zero-order valence-corrected chi connectivity index (χ0v) is 21.7. The number of hydrogen-bond donors (Lipinski definition) is 1. The Morgan fingerprint density at radius 3 is 2.50 bits per heavy atom. The SMILES string of the molecule is CCCCOC(=O)c1ccc(NC(=O)Cn2cnc3sc(C)c(-c4ccc(C)c(C)c4)c3c2=O)cc1. The number of esters is 1. The van der Waals surface area contributed by atoms with E-state index in [0.29, 0.717) is 28.1 Å². The van der Waals surface area contributed by atoms with Gasteiger partial charge in [-0.3, -0.25) is 14.2 Å². The molecular weight excluding hydrogens is 474 g/mol. The van der Waals surface area contributed by atoms with Gasteiger partial charge >= 0.3 is 5.97 Å². The van der Waals surface area contributed by atoms with E-state index in [1.807, 2.05) is 32.9 Å². The second kappa shape index (κ2) is 10.9. The van der Waals surface area contributed by atoms with Gasteiger partial charge < -0.3 is 10.1 Å². The van der Waals surface area contributed by atoms with Crippen LogP contribution in [0, 0.1) is 20.8 Å². The zero-order chi connectivity index (χ0) is 25.8. The highest BCUT2D eigenvalue weighted by atomic mass is 32.1. The van der Waals surface area contributed by atoms with Crippen molar-refractivity contribution in [3.8, 4) is 11.1 Å². The summed E-state index contributed by atoms with van der Waals surface area (Å²) in [5, 5.41) is 3.30. The van der Waals surface area contributed by atoms with Gasteiger partial charge in [-0.15, -0.1) is 11.3 Å². The first kappa shape index (κ1) is 25.3. The van der Waals surface area contributed by atoms with Crippen LogP contribution in [0.15, 0.2) is 53.6 Å². The number of hydrogen-bond acceptors (Lipinski definition) is 6. The number of carbonyl (C=O) groups is 2. The van der Waals surface area contributed by atoms with E-state index in [9.17, 15) is 14.4 Å². The Morgan fingerprint density at radius 1 is 1.06 bits per heavy atom. The van der Waals surface area contributed by atoms with Crippen molar-refractivity contribution in [3.05, 3.63) is 80.7 Å². The number of rotatable bonds is 8. The van der Waals surface area contributed by atoms with Crippen LogP contribution in [0.5, 0.6) is 0 Å². The summed E-state index contributed by atoms with van der Waals surface area (Å²) in [6.45, 7) is 8.32. The zero-order valence-electron chi connectivity index (χ0n) is 20.9. The molecule has 0 saturated carbocycles. The van der Waals surface area contributed by atoms with Gasteiger partial charge in [0.05, 0.1) is 23.9 Å². The number of thiophene rings is 1. The molecule has 8 heteroatoms. The lowest BCUT2D eigenvalue weighted by Gasteiger charge is -2.09. The molecule has 2 aromatic heterocycles. The van der Waals surface area contributed by atoms with Crippen molar-refractivity contribution in [2.24, 2.45) is 0 Å². The summed E-state index contributed by atoms with van der Waals surface area (Å²) >= 11 is 1.47. The lowest BCUT2D eigenvalue weighted by Crippen LogP contribution is -2.27. The van der Waals surface area contributed by atoms with Crippen molar-refractivity contribution >= 4 is 39.1 Å². The summed E-state index contributed by atoms with van der Waals surface area (Å²) in [5.74, 6) is -0.755. The van der Waals surface area contributed by atoms with Gasteiger partial charge in [0.2, 0.25) is 5.91 Å². The minimum absolute atomic E-state index is 0.177. The monoisotopic (exact) mass is 503 g/mol. The van der Waals surface area contributed by atoms with Crippen LogP contribution in [0.2, 0.25) is 0 Å². The van der Waals surface area contributed by atoms with Gasteiger partial charge in [0.1, 0.15) is 11.4 Å². The summed E-state index contributed by atoms with van der Waals surface area (Å²) in [4.78, 5) is 44.3. The van der Waals surface area contributed by atoms with E-state index in [4.69, 9.17) is 4.74 Å². The Balaban J connectivity index is 1.53. The van der Waals surface area contributed by atoms with Gasteiger partial charge in [-0.1, -0.05) is 31.5 Å². The highest BCUT2D eigenvalue weighted by Crippen LogP contribution is 2.36. The maximum absolute atomic E-state index is 13.4. The van der Waals surface area contributed by atoms with E-state index in [1.54, 1.807) is 24.3 Å². The molecule has 0 unspecified atom stereocenters. The fraction of sp³-hybridized carbons (Fsp3) is 0.286. The average molecular weight is 504 g/mol. The minimum atomic E-state index is -0.391. The van der Waals surface area contributed by atoms with Crippen LogP contribution >= 0.6 is 11.3 Å². The van der Waals surface area contributed by atoms with Gasteiger partial charge in [0.25, 0.3) is 5.56 Å². The first-order valence-electron chi connectivity index (χ1n) is 11.9. The van der Waals surface area contributed by atoms with Gasteiger partial charge in [0.15, 0.2) is 0 Å². The molecule has 1 N–H and O–H groups in total. The van der Waals surface area contributed by atoms with E-state index >= 15 is 0 Å². The van der Waals surface area contributed by atoms with E-state index in [2.05, 4.69) is 23.3 Å². The van der Waals surface area contributed by atoms with Crippen molar-refractivity contribution < 1.29 is 14.3 Å². The molecule has 0 atom stereocenters. The predicted molar refractivity (Wildman–Crippen MR) is 144 cm³/mol. The van der Waals surface area contributed by atoms with Crippen molar-refractivity contribution in [3.63, 3.8) is 0 Å². The number of fused-ring (bicyclic) bond motifs is 1. The highest BCUT2D eigenvalue weighted by Gasteiger charge is 2.18. The number of nitrogens with one attached hydrogen (secondary N) is 1. The van der Waals surface area contributed by atoms with Crippen LogP contribution < -0.4 is 10.9 Å². The third-order valence-electron chi connectivity index (χ3n) is 6.10. The van der Waals surface area contributed by atoms with Gasteiger partial charge in [-0.2, -0.15) is 0 Å². The molecule has 0 saturated heterocycles. The Labute approximate surface area is 213 Å². The molecular formula is C28H29N3O4S. The van der Waals surface area contributed by atoms with E-state index in [0.717, 1.165) is 34.4 Å². The van der Waals surface area contributed by atoms with E-state index in [-0.39, 0.29) is 18.0 Å². The summed E-state index contributed by atoms with van der Waals surface area (Å²) in [6.07, 6.45) is 3.18. The van der Waals surface area contributed by atoms with E-state index < -0.39 is 5.97 Å². The van der Waals surface area contributed by atoms with Crippen LogP contribution in [0.25, 0.3) is 21.3 Å². The van der Waals surface area contributed by atoms with Crippen molar-refractivity contribution in [1.29, 1.82) is 0 Å². The summed E-state index contributed by atoms with van der Waals surface area (Å²) in [5.41, 5.74) is 4.86. The Hall–Kier alpha value is -3.78. The Bertz CT molecular complexity index is 1490. The number of nitrogens with zero attached hydrogens (tertiary/aromatic N) is 2. The van der Waals surface area contributed by atoms with Gasteiger partial charge in [-0.05, 0) is 68.1 Å². The summed E-state index contributed by atoms with van der Waals surface area (Å²) < 4.78 is 6.53. The molecule has 4 aromatic rings. The number of unbranched alkanes of at least 4 members (excludes halogenated alkanes) is 1. The maximum atomic E-state index is 13.4. The van der Waals surface area contributed by atoms with Crippen molar-refractivity contribution in [2.45, 2.75) is 47.1 Å². The molecule has 2 aromatic carbocycles. The fourth-order valence-corrected chi connectivity index (χ4v) is 4.94. The lowest BCUT2D eigenvalue weighted by molar-refractivity contribution is -0.116. The molecule has 0 spiro atoms. The number of carbonyl (C=O) groups excluding carboxylic acids is 2. The standard InChI is InChI=1S/C28H29N3O4S/c1-5-6-13-35-28(34)20-9-11-22(12-10-20)30-23(32)15-31-16-29-26-25(27(31)33)24(19(4)36-26)21-8-7-17(2)18(3)14-21/h7-12,14,16H,5-6,13,15H2,1-4H3,(H,30,32). The second-order valence-corrected chi connectivity index (χ2v) is 10.0. The predicted octanol–water partition coefficient (Wildman–Crippen LogP) is 5.65. The number of amides is 1. The molecule has 0 aliphatic carbocycles. The third-order valence-corrected chi connectivity index (χ3v) is 7.11. The molecule has 0 aliphatic rings. The molecule has 0 aliphatic heterocycles. The largest absolute Gasteiger partial charge is 0.462 e. The minimum Gasteiger partial charge on any atom is -0.462 e. The second-order valence-electron chi connectivity index (χ2n) is 8.81.